The largest absolute Gasteiger partial charge is 0.382 e. The van der Waals surface area contributed by atoms with Crippen molar-refractivity contribution in [3.63, 3.8) is 0 Å². The minimum Gasteiger partial charge on any atom is -0.382 e. The number of amidine groups is 1. The van der Waals surface area contributed by atoms with E-state index in [1.54, 1.807) is 0 Å². The number of rotatable bonds is 6. The molecule has 1 aromatic rings. The van der Waals surface area contributed by atoms with Crippen LogP contribution in [0.1, 0.15) is 19.4 Å². The number of nitrogens with two attached hydrogens (primary N) is 1. The van der Waals surface area contributed by atoms with Gasteiger partial charge in [-0.2, -0.15) is 0 Å². The molecular weight excluding hydrogens is 288 g/mol. The Hall–Kier alpha value is -2.90. The molecule has 1 rings (SSSR count). The Morgan fingerprint density at radius 1 is 1.23 bits per heavy atom. The van der Waals surface area contributed by atoms with Crippen molar-refractivity contribution >= 4 is 23.6 Å². The molecule has 0 aromatic heterocycles. The molecule has 8 nitrogen and oxygen atoms in total. The monoisotopic (exact) mass is 306 g/mol. The molecule has 1 atom stereocenters. The second-order valence-corrected chi connectivity index (χ2v) is 4.44. The second-order valence-electron chi connectivity index (χ2n) is 4.44. The van der Waals surface area contributed by atoms with Crippen molar-refractivity contribution in [3.05, 3.63) is 35.9 Å². The molecule has 1 aromatic carbocycles. The molecule has 0 spiro atoms. The number of carbonyl (C=O) groups excluding carboxylic acids is 3. The van der Waals surface area contributed by atoms with Crippen molar-refractivity contribution in [2.45, 2.75) is 26.4 Å². The summed E-state index contributed by atoms with van der Waals surface area (Å²) >= 11 is 0. The Morgan fingerprint density at radius 3 is 2.41 bits per heavy atom. The summed E-state index contributed by atoms with van der Waals surface area (Å²) in [6.07, 6.45) is 0. The van der Waals surface area contributed by atoms with E-state index < -0.39 is 23.8 Å². The molecule has 0 unspecified atom stereocenters. The quantitative estimate of drug-likeness (QED) is 0.287. The molecule has 0 aliphatic carbocycles. The lowest BCUT2D eigenvalue weighted by molar-refractivity contribution is -0.141. The van der Waals surface area contributed by atoms with Crippen LogP contribution in [-0.2, 0) is 25.8 Å². The van der Waals surface area contributed by atoms with Crippen LogP contribution in [0.4, 0.5) is 0 Å². The Balaban J connectivity index is 2.73. The minimum atomic E-state index is -1.22. The lowest BCUT2D eigenvalue weighted by atomic mass is 10.2. The smallest absolute Gasteiger partial charge is 0.332 e. The highest BCUT2D eigenvalue weighted by Gasteiger charge is 2.24. The Labute approximate surface area is 127 Å². The molecule has 22 heavy (non-hydrogen) atoms. The predicted octanol–water partition coefficient (Wildman–Crippen LogP) is -0.357. The summed E-state index contributed by atoms with van der Waals surface area (Å²) in [6.45, 7) is 2.63. The topological polar surface area (TPSA) is 123 Å². The van der Waals surface area contributed by atoms with Gasteiger partial charge in [-0.3, -0.25) is 9.59 Å². The molecular formula is C14H18N4O4. The van der Waals surface area contributed by atoms with E-state index in [0.29, 0.717) is 0 Å². The lowest BCUT2D eigenvalue weighted by Gasteiger charge is -2.16. The van der Waals surface area contributed by atoms with Gasteiger partial charge in [-0.25, -0.2) is 4.79 Å². The van der Waals surface area contributed by atoms with Crippen LogP contribution in [-0.4, -0.2) is 29.7 Å². The zero-order chi connectivity index (χ0) is 16.5. The normalized spacial score (nSPS) is 12.2. The maximum Gasteiger partial charge on any atom is 0.332 e. The summed E-state index contributed by atoms with van der Waals surface area (Å²) in [6, 6.07) is 7.98. The fourth-order valence-corrected chi connectivity index (χ4v) is 1.53. The molecule has 0 saturated carbocycles. The summed E-state index contributed by atoms with van der Waals surface area (Å²) in [7, 11) is 0. The Bertz CT molecular complexity index is 571. The number of benzene rings is 1. The van der Waals surface area contributed by atoms with E-state index in [2.05, 4.69) is 20.6 Å². The van der Waals surface area contributed by atoms with Gasteiger partial charge in [0.1, 0.15) is 0 Å². The third kappa shape index (κ3) is 6.04. The van der Waals surface area contributed by atoms with E-state index >= 15 is 0 Å². The Morgan fingerprint density at radius 2 is 1.86 bits per heavy atom. The van der Waals surface area contributed by atoms with Gasteiger partial charge in [0.25, 0.3) is 5.91 Å². The number of hydrogen-bond acceptors (Lipinski definition) is 5. The van der Waals surface area contributed by atoms with Crippen LogP contribution in [0.3, 0.4) is 0 Å². The van der Waals surface area contributed by atoms with Crippen molar-refractivity contribution < 1.29 is 19.2 Å². The fourth-order valence-electron chi connectivity index (χ4n) is 1.53. The summed E-state index contributed by atoms with van der Waals surface area (Å²) in [5, 5.41) is 8.28. The zero-order valence-corrected chi connectivity index (χ0v) is 12.3. The third-order valence-corrected chi connectivity index (χ3v) is 2.49. The van der Waals surface area contributed by atoms with Crippen LogP contribution in [0.25, 0.3) is 0 Å². The average molecular weight is 306 g/mol. The second kappa shape index (κ2) is 8.40. The van der Waals surface area contributed by atoms with Gasteiger partial charge >= 0.3 is 5.97 Å². The van der Waals surface area contributed by atoms with Crippen molar-refractivity contribution in [2.24, 2.45) is 10.9 Å². The SMILES string of the molecule is CC(=O)N[C@@H](C(=O)NCc1ccccc1)C(N)=NOC(C)=O. The molecule has 0 aliphatic rings. The summed E-state index contributed by atoms with van der Waals surface area (Å²) in [5.74, 6) is -2.04. The first-order valence-corrected chi connectivity index (χ1v) is 6.50. The fraction of sp³-hybridized carbons (Fsp3) is 0.286. The Kier molecular flexibility index (Phi) is 6.55. The molecule has 4 N–H and O–H groups in total. The van der Waals surface area contributed by atoms with Gasteiger partial charge in [-0.15, -0.1) is 0 Å². The highest BCUT2D eigenvalue weighted by atomic mass is 16.7. The van der Waals surface area contributed by atoms with E-state index in [4.69, 9.17) is 5.73 Å². The van der Waals surface area contributed by atoms with Gasteiger partial charge < -0.3 is 21.2 Å². The van der Waals surface area contributed by atoms with Crippen LogP contribution in [0, 0.1) is 0 Å². The van der Waals surface area contributed by atoms with Crippen molar-refractivity contribution in [3.8, 4) is 0 Å². The maximum atomic E-state index is 12.1. The van der Waals surface area contributed by atoms with E-state index in [-0.39, 0.29) is 12.4 Å². The standard InChI is InChI=1S/C14H18N4O4/c1-9(19)17-12(13(15)18-22-10(2)20)14(21)16-8-11-6-4-3-5-7-11/h3-7,12H,8H2,1-2H3,(H2,15,18)(H,16,21)(H,17,19)/t12-/m1/s1. The van der Waals surface area contributed by atoms with Crippen molar-refractivity contribution in [2.75, 3.05) is 0 Å². The van der Waals surface area contributed by atoms with Crippen LogP contribution in [0.2, 0.25) is 0 Å². The number of carbonyl (C=O) groups is 3. The number of nitrogens with zero attached hydrogens (tertiary/aromatic N) is 1. The van der Waals surface area contributed by atoms with Crippen LogP contribution in [0.15, 0.2) is 35.5 Å². The number of oxime groups is 1. The highest BCUT2D eigenvalue weighted by Crippen LogP contribution is 1.98. The molecule has 0 fully saturated rings. The summed E-state index contributed by atoms with van der Waals surface area (Å²) in [4.78, 5) is 38.3. The van der Waals surface area contributed by atoms with Crippen LogP contribution < -0.4 is 16.4 Å². The average Bonchev–Trinajstić information content (AvgIpc) is 2.48. The molecule has 0 aliphatic heterocycles. The van der Waals surface area contributed by atoms with Crippen LogP contribution in [0.5, 0.6) is 0 Å². The van der Waals surface area contributed by atoms with Gasteiger partial charge in [0.05, 0.1) is 0 Å². The number of nitrogens with one attached hydrogen (secondary N) is 2. The third-order valence-electron chi connectivity index (χ3n) is 2.49. The molecule has 0 heterocycles. The van der Waals surface area contributed by atoms with E-state index in [0.717, 1.165) is 12.5 Å². The molecule has 8 heteroatoms. The summed E-state index contributed by atoms with van der Waals surface area (Å²) in [5.41, 5.74) is 6.46. The number of amides is 2. The molecule has 118 valence electrons. The lowest BCUT2D eigenvalue weighted by Crippen LogP contribution is -2.53. The minimum absolute atomic E-state index is 0.261. The van der Waals surface area contributed by atoms with Gasteiger partial charge in [0.15, 0.2) is 11.9 Å². The van der Waals surface area contributed by atoms with Crippen molar-refractivity contribution in [1.29, 1.82) is 0 Å². The first-order chi connectivity index (χ1) is 10.4. The zero-order valence-electron chi connectivity index (χ0n) is 12.3. The summed E-state index contributed by atoms with van der Waals surface area (Å²) < 4.78 is 0. The molecule has 2 amide bonds. The van der Waals surface area contributed by atoms with Gasteiger partial charge in [-0.1, -0.05) is 35.5 Å². The first-order valence-electron chi connectivity index (χ1n) is 6.50. The first kappa shape index (κ1) is 17.2. The predicted molar refractivity (Wildman–Crippen MR) is 79.3 cm³/mol. The van der Waals surface area contributed by atoms with E-state index in [1.807, 2.05) is 30.3 Å². The van der Waals surface area contributed by atoms with Crippen LogP contribution >= 0.6 is 0 Å². The van der Waals surface area contributed by atoms with E-state index in [1.165, 1.54) is 6.92 Å². The number of hydrogen-bond donors (Lipinski definition) is 3. The van der Waals surface area contributed by atoms with Gasteiger partial charge in [0.2, 0.25) is 5.91 Å². The van der Waals surface area contributed by atoms with Gasteiger partial charge in [-0.05, 0) is 5.56 Å². The maximum absolute atomic E-state index is 12.1. The highest BCUT2D eigenvalue weighted by molar-refractivity contribution is 6.08. The van der Waals surface area contributed by atoms with Gasteiger partial charge in [0, 0.05) is 20.4 Å². The molecule has 0 radical (unpaired) electrons. The van der Waals surface area contributed by atoms with Crippen molar-refractivity contribution in [1.82, 2.24) is 10.6 Å². The molecule has 0 bridgehead atoms. The molecule has 0 saturated heterocycles. The van der Waals surface area contributed by atoms with E-state index in [9.17, 15) is 14.4 Å².